The summed E-state index contributed by atoms with van der Waals surface area (Å²) >= 11 is 0. The molecule has 1 aliphatic carbocycles. The number of aromatic nitrogens is 1. The number of aryl methyl sites for hydroxylation is 1. The maximum absolute atomic E-state index is 3.74. The van der Waals surface area contributed by atoms with Crippen LogP contribution in [0.5, 0.6) is 0 Å². The lowest BCUT2D eigenvalue weighted by molar-refractivity contribution is 0.634. The van der Waals surface area contributed by atoms with Gasteiger partial charge in [0.2, 0.25) is 0 Å². The molecule has 1 aliphatic rings. The largest absolute Gasteiger partial charge is 0.355 e. The van der Waals surface area contributed by atoms with E-state index in [4.69, 9.17) is 0 Å². The Hall–Kier alpha value is -4.82. The molecular weight excluding hydrogens is 484 g/mol. The second-order valence-corrected chi connectivity index (χ2v) is 10.8. The van der Waals surface area contributed by atoms with Gasteiger partial charge >= 0.3 is 0 Å². The van der Waals surface area contributed by atoms with Crippen LogP contribution in [0.2, 0.25) is 0 Å². The maximum Gasteiger partial charge on any atom is 0.0619 e. The second-order valence-electron chi connectivity index (χ2n) is 10.8. The van der Waals surface area contributed by atoms with Crippen LogP contribution in [0.15, 0.2) is 140 Å². The number of hydrogen-bond donors (Lipinski definition) is 1. The minimum atomic E-state index is 0.366. The lowest BCUT2D eigenvalue weighted by Gasteiger charge is -2.26. The molecule has 2 unspecified atom stereocenters. The molecule has 2 atom stereocenters. The van der Waals surface area contributed by atoms with Gasteiger partial charge in [0, 0.05) is 39.3 Å². The number of fused-ring (bicyclic) bond motifs is 3. The average Bonchev–Trinajstić information content (AvgIpc) is 3.34. The van der Waals surface area contributed by atoms with Crippen molar-refractivity contribution >= 4 is 33.2 Å². The molecule has 0 radical (unpaired) electrons. The summed E-state index contributed by atoms with van der Waals surface area (Å²) in [6.07, 6.45) is 8.95. The first-order valence-corrected chi connectivity index (χ1v) is 14.1. The molecule has 0 amide bonds. The summed E-state index contributed by atoms with van der Waals surface area (Å²) in [6.45, 7) is 4.51. The number of allylic oxidation sites excluding steroid dienone is 4. The third-order valence-electron chi connectivity index (χ3n) is 8.25. The number of benzene rings is 5. The van der Waals surface area contributed by atoms with E-state index >= 15 is 0 Å². The third kappa shape index (κ3) is 4.13. The van der Waals surface area contributed by atoms with E-state index in [9.17, 15) is 0 Å². The number of anilines is 2. The fourth-order valence-corrected chi connectivity index (χ4v) is 6.29. The first kappa shape index (κ1) is 24.2. The van der Waals surface area contributed by atoms with Crippen LogP contribution < -0.4 is 5.32 Å². The van der Waals surface area contributed by atoms with E-state index in [2.05, 4.69) is 163 Å². The van der Waals surface area contributed by atoms with Crippen LogP contribution in [-0.2, 0) is 0 Å². The van der Waals surface area contributed by atoms with Gasteiger partial charge < -0.3 is 9.88 Å². The molecule has 2 nitrogen and oxygen atoms in total. The Morgan fingerprint density at radius 2 is 1.38 bits per heavy atom. The molecule has 1 heterocycles. The summed E-state index contributed by atoms with van der Waals surface area (Å²) in [5.41, 5.74) is 11.0. The second kappa shape index (κ2) is 10.1. The highest BCUT2D eigenvalue weighted by molar-refractivity contribution is 6.13. The minimum Gasteiger partial charge on any atom is -0.355 e. The van der Waals surface area contributed by atoms with E-state index in [0.717, 1.165) is 5.69 Å². The Labute approximate surface area is 235 Å². The van der Waals surface area contributed by atoms with Gasteiger partial charge in [0.25, 0.3) is 0 Å². The number of hydrogen-bond acceptors (Lipinski definition) is 1. The van der Waals surface area contributed by atoms with E-state index in [1.165, 1.54) is 55.4 Å². The molecule has 0 fully saturated rings. The van der Waals surface area contributed by atoms with Crippen LogP contribution in [0, 0.1) is 12.8 Å². The topological polar surface area (TPSA) is 17.0 Å². The quantitative estimate of drug-likeness (QED) is 0.241. The Morgan fingerprint density at radius 3 is 2.20 bits per heavy atom. The number of para-hydroxylation sites is 3. The van der Waals surface area contributed by atoms with Crippen molar-refractivity contribution in [1.82, 2.24) is 4.57 Å². The van der Waals surface area contributed by atoms with E-state index in [-0.39, 0.29) is 0 Å². The molecule has 0 aliphatic heterocycles. The molecule has 2 heteroatoms. The molecule has 7 rings (SSSR count). The Bertz CT molecular complexity index is 1890. The van der Waals surface area contributed by atoms with Crippen molar-refractivity contribution in [3.63, 3.8) is 0 Å². The molecule has 0 saturated heterocycles. The fourth-order valence-electron chi connectivity index (χ4n) is 6.29. The third-order valence-corrected chi connectivity index (χ3v) is 8.25. The van der Waals surface area contributed by atoms with Crippen molar-refractivity contribution in [1.29, 1.82) is 0 Å². The van der Waals surface area contributed by atoms with Crippen molar-refractivity contribution in [2.75, 3.05) is 5.32 Å². The molecule has 40 heavy (non-hydrogen) atoms. The predicted octanol–water partition coefficient (Wildman–Crippen LogP) is 10.3. The lowest BCUT2D eigenvalue weighted by Crippen LogP contribution is -2.11. The van der Waals surface area contributed by atoms with E-state index in [1.807, 2.05) is 0 Å². The van der Waals surface area contributed by atoms with Crippen LogP contribution in [0.25, 0.3) is 38.6 Å². The first-order valence-electron chi connectivity index (χ1n) is 14.1. The average molecular weight is 517 g/mol. The summed E-state index contributed by atoms with van der Waals surface area (Å²) in [5, 5.41) is 6.29. The van der Waals surface area contributed by atoms with Gasteiger partial charge in [-0.2, -0.15) is 0 Å². The Balaban J connectivity index is 1.30. The summed E-state index contributed by atoms with van der Waals surface area (Å²) in [4.78, 5) is 0. The molecule has 0 bridgehead atoms. The number of nitrogens with zero attached hydrogens (tertiary/aromatic N) is 1. The summed E-state index contributed by atoms with van der Waals surface area (Å²) in [7, 11) is 0. The van der Waals surface area contributed by atoms with Crippen molar-refractivity contribution < 1.29 is 0 Å². The zero-order chi connectivity index (χ0) is 27.1. The van der Waals surface area contributed by atoms with Crippen molar-refractivity contribution in [2.24, 2.45) is 5.92 Å². The summed E-state index contributed by atoms with van der Waals surface area (Å²) in [5.74, 6) is 0.830. The van der Waals surface area contributed by atoms with Crippen molar-refractivity contribution in [3.05, 3.63) is 151 Å². The standard InChI is InChI=1S/C38H32N2/c1-26-12-6-7-16-31(26)37-27(2)13-10-20-35(37)39-29-24-22-28(23-25-29)32-18-11-19-34-33-17-8-9-21-36(33)40(38(32)34)30-14-4-3-5-15-30/h3-26,31,39H,1-2H3. The Kier molecular flexibility index (Phi) is 6.09. The van der Waals surface area contributed by atoms with Crippen LogP contribution >= 0.6 is 0 Å². The van der Waals surface area contributed by atoms with Gasteiger partial charge in [-0.3, -0.25) is 0 Å². The van der Waals surface area contributed by atoms with Gasteiger partial charge in [-0.05, 0) is 65.9 Å². The summed E-state index contributed by atoms with van der Waals surface area (Å²) in [6, 6.07) is 41.5. The van der Waals surface area contributed by atoms with Gasteiger partial charge in [0.1, 0.15) is 0 Å². The molecule has 194 valence electrons. The molecule has 1 N–H and O–H groups in total. The summed E-state index contributed by atoms with van der Waals surface area (Å²) < 4.78 is 2.40. The predicted molar refractivity (Wildman–Crippen MR) is 171 cm³/mol. The highest BCUT2D eigenvalue weighted by Gasteiger charge is 2.21. The normalized spacial score (nSPS) is 16.6. The number of nitrogens with one attached hydrogen (secondary N) is 1. The van der Waals surface area contributed by atoms with E-state index in [0.29, 0.717) is 11.8 Å². The zero-order valence-electron chi connectivity index (χ0n) is 22.9. The monoisotopic (exact) mass is 516 g/mol. The van der Waals surface area contributed by atoms with Crippen LogP contribution in [0.3, 0.4) is 0 Å². The molecular formula is C38H32N2. The molecule has 0 saturated carbocycles. The van der Waals surface area contributed by atoms with Gasteiger partial charge in [0.05, 0.1) is 11.0 Å². The van der Waals surface area contributed by atoms with Gasteiger partial charge in [-0.1, -0.05) is 110 Å². The Morgan fingerprint density at radius 1 is 0.650 bits per heavy atom. The number of rotatable bonds is 5. The van der Waals surface area contributed by atoms with E-state index < -0.39 is 0 Å². The smallest absolute Gasteiger partial charge is 0.0619 e. The lowest BCUT2D eigenvalue weighted by atomic mass is 9.81. The zero-order valence-corrected chi connectivity index (χ0v) is 22.9. The van der Waals surface area contributed by atoms with Crippen molar-refractivity contribution in [2.45, 2.75) is 19.8 Å². The van der Waals surface area contributed by atoms with Crippen LogP contribution in [0.1, 0.15) is 24.0 Å². The molecule has 5 aromatic carbocycles. The van der Waals surface area contributed by atoms with Gasteiger partial charge in [-0.15, -0.1) is 0 Å². The fraction of sp³-hybridized carbons (Fsp3) is 0.105. The van der Waals surface area contributed by atoms with Crippen LogP contribution in [-0.4, -0.2) is 4.57 Å². The maximum atomic E-state index is 3.74. The van der Waals surface area contributed by atoms with E-state index in [1.54, 1.807) is 0 Å². The van der Waals surface area contributed by atoms with Gasteiger partial charge in [0.15, 0.2) is 0 Å². The SMILES string of the molecule is Cc1cccc(Nc2ccc(-c3cccc4c5ccccc5n(-c5ccccc5)c34)cc2)c1C1C=CC=CC1C. The highest BCUT2D eigenvalue weighted by atomic mass is 15.0. The molecule has 1 aromatic heterocycles. The van der Waals surface area contributed by atoms with Gasteiger partial charge in [-0.25, -0.2) is 0 Å². The molecule has 6 aromatic rings. The van der Waals surface area contributed by atoms with Crippen LogP contribution in [0.4, 0.5) is 11.4 Å². The minimum absolute atomic E-state index is 0.366. The highest BCUT2D eigenvalue weighted by Crippen LogP contribution is 2.40. The first-order chi connectivity index (χ1) is 19.7. The van der Waals surface area contributed by atoms with Crippen molar-refractivity contribution in [3.8, 4) is 16.8 Å². The molecule has 0 spiro atoms.